The number of nitrogens with zero attached hydrogens (tertiary/aromatic N) is 1. The van der Waals surface area contributed by atoms with Gasteiger partial charge in [-0.1, -0.05) is 44.2 Å². The Hall–Kier alpha value is -2.40. The van der Waals surface area contributed by atoms with Crippen molar-refractivity contribution in [3.05, 3.63) is 58.9 Å². The third-order valence-corrected chi connectivity index (χ3v) is 7.91. The van der Waals surface area contributed by atoms with Gasteiger partial charge in [-0.15, -0.1) is 0 Å². The normalized spacial score (nSPS) is 31.3. The van der Waals surface area contributed by atoms with Crippen LogP contribution >= 0.6 is 0 Å². The number of nitrogens with one attached hydrogen (secondary N) is 1. The molecule has 164 valence electrons. The molecule has 0 aliphatic heterocycles. The Morgan fingerprint density at radius 1 is 1.10 bits per heavy atom. The summed E-state index contributed by atoms with van der Waals surface area (Å²) in [6.45, 7) is 4.11. The first-order valence-electron chi connectivity index (χ1n) is 11.6. The maximum absolute atomic E-state index is 13.5. The van der Waals surface area contributed by atoms with Gasteiger partial charge in [0.2, 0.25) is 5.78 Å². The van der Waals surface area contributed by atoms with E-state index in [9.17, 15) is 14.7 Å². The minimum Gasteiger partial charge on any atom is -0.390 e. The molecule has 4 fully saturated rings. The van der Waals surface area contributed by atoms with E-state index in [4.69, 9.17) is 0 Å². The van der Waals surface area contributed by atoms with Crippen molar-refractivity contribution in [2.75, 3.05) is 0 Å². The smallest absolute Gasteiger partial charge is 0.268 e. The van der Waals surface area contributed by atoms with Crippen molar-refractivity contribution in [3.63, 3.8) is 0 Å². The van der Waals surface area contributed by atoms with Crippen LogP contribution in [-0.2, 0) is 7.05 Å². The zero-order chi connectivity index (χ0) is 21.9. The molecule has 0 spiro atoms. The van der Waals surface area contributed by atoms with E-state index in [1.54, 1.807) is 4.57 Å². The molecule has 2 N–H and O–H groups in total. The molecule has 1 heterocycles. The van der Waals surface area contributed by atoms with Crippen molar-refractivity contribution in [3.8, 4) is 0 Å². The number of carbonyl (C=O) groups is 2. The molecule has 4 aliphatic rings. The van der Waals surface area contributed by atoms with Crippen LogP contribution in [0.25, 0.3) is 0 Å². The first-order valence-corrected chi connectivity index (χ1v) is 11.6. The van der Waals surface area contributed by atoms with Crippen molar-refractivity contribution in [2.24, 2.45) is 24.8 Å². The van der Waals surface area contributed by atoms with Crippen LogP contribution in [0, 0.1) is 17.8 Å². The van der Waals surface area contributed by atoms with Gasteiger partial charge in [-0.25, -0.2) is 0 Å². The van der Waals surface area contributed by atoms with Gasteiger partial charge in [0, 0.05) is 18.7 Å². The molecule has 2 atom stereocenters. The van der Waals surface area contributed by atoms with Gasteiger partial charge in [0.1, 0.15) is 5.69 Å². The maximum Gasteiger partial charge on any atom is 0.268 e. The van der Waals surface area contributed by atoms with Crippen LogP contribution in [0.5, 0.6) is 0 Å². The standard InChI is InChI=1S/C26H32N2O3/c1-15(2)20-11-21(24(29)17-7-5-4-6-8-17)28(3)23(20)25(30)27-22-18-9-16-10-19(22)14-26(31,12-16)13-18/h4-8,11,15-16,18-19,22,31H,9-10,12-14H2,1-3H3,(H,27,30)/t16?,18?,19?,22-,26-. The Kier molecular flexibility index (Phi) is 4.85. The summed E-state index contributed by atoms with van der Waals surface area (Å²) in [4.78, 5) is 26.7. The highest BCUT2D eigenvalue weighted by atomic mass is 16.3. The molecule has 0 saturated heterocycles. The molecule has 5 heteroatoms. The lowest BCUT2D eigenvalue weighted by Gasteiger charge is -2.58. The highest BCUT2D eigenvalue weighted by Crippen LogP contribution is 2.55. The number of hydrogen-bond donors (Lipinski definition) is 2. The fourth-order valence-electron chi connectivity index (χ4n) is 6.74. The van der Waals surface area contributed by atoms with Gasteiger partial charge in [0.25, 0.3) is 5.91 Å². The molecule has 4 bridgehead atoms. The molecule has 2 unspecified atom stereocenters. The second-order valence-electron chi connectivity index (χ2n) is 10.4. The maximum atomic E-state index is 13.5. The van der Waals surface area contributed by atoms with Crippen molar-refractivity contribution < 1.29 is 14.7 Å². The van der Waals surface area contributed by atoms with Crippen molar-refractivity contribution in [2.45, 2.75) is 63.5 Å². The molecule has 1 aromatic heterocycles. The molecule has 1 aromatic carbocycles. The fourth-order valence-corrected chi connectivity index (χ4v) is 6.74. The van der Waals surface area contributed by atoms with Crippen molar-refractivity contribution >= 4 is 11.7 Å². The summed E-state index contributed by atoms with van der Waals surface area (Å²) < 4.78 is 1.77. The number of hydrogen-bond acceptors (Lipinski definition) is 3. The molecular weight excluding hydrogens is 388 g/mol. The number of carbonyl (C=O) groups excluding carboxylic acids is 2. The largest absolute Gasteiger partial charge is 0.390 e. The van der Waals surface area contributed by atoms with Gasteiger partial charge >= 0.3 is 0 Å². The number of rotatable bonds is 5. The highest BCUT2D eigenvalue weighted by molar-refractivity contribution is 6.09. The van der Waals surface area contributed by atoms with Crippen molar-refractivity contribution in [1.82, 2.24) is 9.88 Å². The predicted molar refractivity (Wildman–Crippen MR) is 119 cm³/mol. The third kappa shape index (κ3) is 3.43. The van der Waals surface area contributed by atoms with E-state index in [0.717, 1.165) is 37.7 Å². The van der Waals surface area contributed by atoms with Gasteiger partial charge < -0.3 is 15.0 Å². The second kappa shape index (κ2) is 7.33. The van der Waals surface area contributed by atoms with Gasteiger partial charge in [-0.2, -0.15) is 0 Å². The van der Waals surface area contributed by atoms with E-state index < -0.39 is 5.60 Å². The van der Waals surface area contributed by atoms with E-state index >= 15 is 0 Å². The molecule has 5 nitrogen and oxygen atoms in total. The van der Waals surface area contributed by atoms with E-state index in [0.29, 0.717) is 34.7 Å². The van der Waals surface area contributed by atoms with Crippen molar-refractivity contribution in [1.29, 1.82) is 0 Å². The van der Waals surface area contributed by atoms with Crippen LogP contribution in [-0.4, -0.2) is 33.0 Å². The van der Waals surface area contributed by atoms with Gasteiger partial charge in [-0.05, 0) is 67.4 Å². The monoisotopic (exact) mass is 420 g/mol. The van der Waals surface area contributed by atoms with E-state index in [-0.39, 0.29) is 23.7 Å². The first-order chi connectivity index (χ1) is 14.8. The fraction of sp³-hybridized carbons (Fsp3) is 0.538. The molecule has 31 heavy (non-hydrogen) atoms. The SMILES string of the molecule is CC(C)c1cc(C(=O)c2ccccc2)n(C)c1C(=O)N[C@H]1C2CC3CC1C[C@](O)(C3)C2. The number of ketones is 1. The number of amides is 1. The average molecular weight is 421 g/mol. The second-order valence-corrected chi connectivity index (χ2v) is 10.4. The Labute approximate surface area is 183 Å². The van der Waals surface area contributed by atoms with Gasteiger partial charge in [0.15, 0.2) is 0 Å². The Morgan fingerprint density at radius 2 is 1.74 bits per heavy atom. The zero-order valence-electron chi connectivity index (χ0n) is 18.6. The molecule has 0 radical (unpaired) electrons. The lowest BCUT2D eigenvalue weighted by Crippen LogP contribution is -2.61. The summed E-state index contributed by atoms with van der Waals surface area (Å²) in [5.41, 5.74) is 2.14. The van der Waals surface area contributed by atoms with E-state index in [1.165, 1.54) is 0 Å². The summed E-state index contributed by atoms with van der Waals surface area (Å²) in [7, 11) is 1.82. The summed E-state index contributed by atoms with van der Waals surface area (Å²) in [5, 5.41) is 14.2. The minimum atomic E-state index is -0.513. The number of benzene rings is 1. The first kappa shape index (κ1) is 20.5. The van der Waals surface area contributed by atoms with Gasteiger partial charge in [-0.3, -0.25) is 9.59 Å². The zero-order valence-corrected chi connectivity index (χ0v) is 18.6. The highest BCUT2D eigenvalue weighted by Gasteiger charge is 2.55. The quantitative estimate of drug-likeness (QED) is 0.717. The van der Waals surface area contributed by atoms with Crippen LogP contribution in [0.1, 0.15) is 84.0 Å². The van der Waals surface area contributed by atoms with Crippen LogP contribution in [0.4, 0.5) is 0 Å². The lowest BCUT2D eigenvalue weighted by molar-refractivity contribution is -0.137. The summed E-state index contributed by atoms with van der Waals surface area (Å²) in [6.07, 6.45) is 4.73. The predicted octanol–water partition coefficient (Wildman–Crippen LogP) is 4.05. The van der Waals surface area contributed by atoms with Crippen LogP contribution in [0.15, 0.2) is 36.4 Å². The molecule has 6 rings (SSSR count). The molecule has 4 saturated carbocycles. The minimum absolute atomic E-state index is 0.0686. The van der Waals surface area contributed by atoms with Crippen LogP contribution < -0.4 is 5.32 Å². The van der Waals surface area contributed by atoms with E-state index in [1.807, 2.05) is 43.4 Å². The molecule has 2 aromatic rings. The van der Waals surface area contributed by atoms with Crippen LogP contribution in [0.3, 0.4) is 0 Å². The Balaban J connectivity index is 1.44. The summed E-state index contributed by atoms with van der Waals surface area (Å²) >= 11 is 0. The number of aliphatic hydroxyl groups is 1. The molecule has 1 amide bonds. The molecule has 4 aliphatic carbocycles. The Morgan fingerprint density at radius 3 is 2.32 bits per heavy atom. The Bertz CT molecular complexity index is 1010. The topological polar surface area (TPSA) is 71.3 Å². The third-order valence-electron chi connectivity index (χ3n) is 7.91. The van der Waals surface area contributed by atoms with Crippen LogP contribution in [0.2, 0.25) is 0 Å². The summed E-state index contributed by atoms with van der Waals surface area (Å²) in [5.74, 6) is 1.28. The number of aromatic nitrogens is 1. The summed E-state index contributed by atoms with van der Waals surface area (Å²) in [6, 6.07) is 11.2. The lowest BCUT2D eigenvalue weighted by atomic mass is 9.52. The van der Waals surface area contributed by atoms with Gasteiger partial charge in [0.05, 0.1) is 11.3 Å². The average Bonchev–Trinajstić information content (AvgIpc) is 3.07. The molecular formula is C26H32N2O3. The van der Waals surface area contributed by atoms with E-state index in [2.05, 4.69) is 19.2 Å².